The van der Waals surface area contributed by atoms with Crippen molar-refractivity contribution in [2.45, 2.75) is 89.3 Å². The highest BCUT2D eigenvalue weighted by Gasteiger charge is 2.34. The van der Waals surface area contributed by atoms with Crippen LogP contribution in [0.4, 0.5) is 31.1 Å². The smallest absolute Gasteiger partial charge is 0.410 e. The molecular formula is C29H39ClF6N6O2S2. The van der Waals surface area contributed by atoms with Gasteiger partial charge in [0.2, 0.25) is 0 Å². The lowest BCUT2D eigenvalue weighted by molar-refractivity contribution is -0.142. The Bertz CT molecular complexity index is 1600. The maximum Gasteiger partial charge on any atom is 0.410 e. The Balaban J connectivity index is 0.000000255. The third kappa shape index (κ3) is 9.07. The molecular weight excluding hydrogens is 678 g/mol. The van der Waals surface area contributed by atoms with Gasteiger partial charge >= 0.3 is 18.4 Å². The average Bonchev–Trinajstić information content (AvgIpc) is 3.72. The van der Waals surface area contributed by atoms with E-state index in [1.54, 1.807) is 22.4 Å². The fourth-order valence-electron chi connectivity index (χ4n) is 5.73. The van der Waals surface area contributed by atoms with Gasteiger partial charge in [-0.3, -0.25) is 9.36 Å². The Morgan fingerprint density at radius 3 is 1.70 bits per heavy atom. The Morgan fingerprint density at radius 1 is 0.848 bits per heavy atom. The van der Waals surface area contributed by atoms with Crippen molar-refractivity contribution < 1.29 is 37.3 Å². The van der Waals surface area contributed by atoms with E-state index >= 15 is 0 Å². The lowest BCUT2D eigenvalue weighted by atomic mass is 9.94. The van der Waals surface area contributed by atoms with Crippen LogP contribution < -0.4 is 5.32 Å². The number of hydrogen-bond acceptors (Lipinski definition) is 7. The van der Waals surface area contributed by atoms with Crippen LogP contribution in [-0.4, -0.2) is 74.7 Å². The number of hydrogen-bond donors (Lipinski definition) is 1. The van der Waals surface area contributed by atoms with Gasteiger partial charge in [-0.05, 0) is 82.4 Å². The minimum absolute atomic E-state index is 0. The third-order valence-electron chi connectivity index (χ3n) is 7.68. The van der Waals surface area contributed by atoms with Gasteiger partial charge < -0.3 is 15.0 Å². The molecule has 0 saturated carbocycles. The topological polar surface area (TPSA) is 77.2 Å². The molecule has 46 heavy (non-hydrogen) atoms. The lowest BCUT2D eigenvalue weighted by Crippen LogP contribution is -2.41. The SMILES string of the molecule is CC(C)(C)OC(=O)N1CCC(c2nn(CC(F)(F)F)c3ccsc23)CC1.Cl.FC(F)(F)Cn1nc(C2CCNCC2)c2sccc21.[HH]. The first kappa shape index (κ1) is 36.3. The van der Waals surface area contributed by atoms with Crippen molar-refractivity contribution in [2.24, 2.45) is 0 Å². The first-order valence-corrected chi connectivity index (χ1v) is 16.5. The summed E-state index contributed by atoms with van der Waals surface area (Å²) in [6.45, 7) is 6.20. The second-order valence-corrected chi connectivity index (χ2v) is 14.2. The largest absolute Gasteiger partial charge is 0.444 e. The molecule has 6 heterocycles. The summed E-state index contributed by atoms with van der Waals surface area (Å²) >= 11 is 2.90. The number of aromatic nitrogens is 4. The Labute approximate surface area is 277 Å². The molecule has 0 bridgehead atoms. The number of nitrogens with zero attached hydrogens (tertiary/aromatic N) is 5. The van der Waals surface area contributed by atoms with E-state index in [1.807, 2.05) is 26.2 Å². The van der Waals surface area contributed by atoms with Crippen molar-refractivity contribution >= 4 is 61.6 Å². The predicted octanol–water partition coefficient (Wildman–Crippen LogP) is 8.57. The fourth-order valence-corrected chi connectivity index (χ4v) is 7.64. The van der Waals surface area contributed by atoms with Crippen LogP contribution in [0.15, 0.2) is 22.9 Å². The monoisotopic (exact) mass is 716 g/mol. The highest BCUT2D eigenvalue weighted by atomic mass is 35.5. The molecule has 258 valence electrons. The standard InChI is InChI=1S/C17H22F3N3O2S.C12H14F3N3S.ClH.H2/c1-16(2,3)25-15(24)22-7-4-11(5-8-22)13-14-12(6-9-26-14)23(21-13)10-17(18,19)20;13-12(14,15)7-18-9-3-6-19-11(9)10(17-18)8-1-4-16-5-2-8;;/h6,9,11H,4-5,7-8,10H2,1-3H3;3,6,8,16H,1-2,4-5,7H2;2*1H. The number of alkyl halides is 6. The number of nitrogens with one attached hydrogen (secondary N) is 1. The van der Waals surface area contributed by atoms with Crippen molar-refractivity contribution in [1.29, 1.82) is 0 Å². The summed E-state index contributed by atoms with van der Waals surface area (Å²) in [6.07, 6.45) is -5.68. The number of amides is 1. The number of carbonyl (C=O) groups is 1. The number of likely N-dealkylation sites (tertiary alicyclic amines) is 1. The maximum atomic E-state index is 12.8. The van der Waals surface area contributed by atoms with Gasteiger partial charge in [0.05, 0.1) is 31.8 Å². The number of piperidine rings is 2. The molecule has 0 aliphatic carbocycles. The number of thiophene rings is 2. The number of rotatable bonds is 4. The summed E-state index contributed by atoms with van der Waals surface area (Å²) in [6, 6.07) is 3.40. The minimum Gasteiger partial charge on any atom is -0.444 e. The van der Waals surface area contributed by atoms with Gasteiger partial charge in [0.1, 0.15) is 18.7 Å². The Hall–Kier alpha value is -2.56. The Morgan fingerprint density at radius 2 is 1.28 bits per heavy atom. The van der Waals surface area contributed by atoms with Gasteiger partial charge in [0, 0.05) is 26.4 Å². The molecule has 0 spiro atoms. The van der Waals surface area contributed by atoms with E-state index in [-0.39, 0.29) is 31.8 Å². The van der Waals surface area contributed by atoms with Crippen LogP contribution in [0.1, 0.15) is 71.1 Å². The number of fused-ring (bicyclic) bond motifs is 2. The first-order valence-electron chi connectivity index (χ1n) is 14.8. The van der Waals surface area contributed by atoms with E-state index in [4.69, 9.17) is 4.74 Å². The second kappa shape index (κ2) is 14.3. The maximum absolute atomic E-state index is 12.8. The number of ether oxygens (including phenoxy) is 1. The molecule has 0 atom stereocenters. The van der Waals surface area contributed by atoms with E-state index < -0.39 is 31.0 Å². The molecule has 2 aliphatic rings. The van der Waals surface area contributed by atoms with E-state index in [9.17, 15) is 31.1 Å². The van der Waals surface area contributed by atoms with E-state index in [0.29, 0.717) is 42.7 Å². The normalized spacial score (nSPS) is 17.2. The summed E-state index contributed by atoms with van der Waals surface area (Å²) in [5.41, 5.74) is 2.14. The summed E-state index contributed by atoms with van der Waals surface area (Å²) in [5.74, 6) is 0.321. The van der Waals surface area contributed by atoms with Gasteiger partial charge in [-0.25, -0.2) is 4.79 Å². The molecule has 1 N–H and O–H groups in total. The molecule has 4 aromatic rings. The van der Waals surface area contributed by atoms with E-state index in [2.05, 4.69) is 15.5 Å². The highest BCUT2D eigenvalue weighted by molar-refractivity contribution is 7.17. The second-order valence-electron chi connectivity index (χ2n) is 12.4. The first-order chi connectivity index (χ1) is 21.1. The van der Waals surface area contributed by atoms with Crippen LogP contribution >= 0.6 is 35.1 Å². The van der Waals surface area contributed by atoms with E-state index in [1.165, 1.54) is 22.7 Å². The van der Waals surface area contributed by atoms with Gasteiger partial charge in [-0.1, -0.05) is 0 Å². The molecule has 2 aliphatic heterocycles. The quantitative estimate of drug-likeness (QED) is 0.214. The lowest BCUT2D eigenvalue weighted by Gasteiger charge is -2.33. The van der Waals surface area contributed by atoms with Crippen LogP contribution in [0.3, 0.4) is 0 Å². The molecule has 2 fully saturated rings. The molecule has 6 rings (SSSR count). The summed E-state index contributed by atoms with van der Waals surface area (Å²) in [5, 5.41) is 15.4. The van der Waals surface area contributed by atoms with Crippen LogP contribution in [0.25, 0.3) is 20.4 Å². The molecule has 0 radical (unpaired) electrons. The van der Waals surface area contributed by atoms with Crippen LogP contribution in [0.5, 0.6) is 0 Å². The highest BCUT2D eigenvalue weighted by Crippen LogP contribution is 2.37. The van der Waals surface area contributed by atoms with Gasteiger partial charge in [-0.15, -0.1) is 35.1 Å². The van der Waals surface area contributed by atoms with Gasteiger partial charge in [-0.2, -0.15) is 36.5 Å². The fraction of sp³-hybridized carbons (Fsp3) is 0.621. The molecule has 0 unspecified atom stereocenters. The average molecular weight is 717 g/mol. The van der Waals surface area contributed by atoms with Crippen molar-refractivity contribution in [1.82, 2.24) is 29.8 Å². The van der Waals surface area contributed by atoms with Crippen LogP contribution in [0.2, 0.25) is 0 Å². The van der Waals surface area contributed by atoms with Crippen molar-refractivity contribution in [3.8, 4) is 0 Å². The van der Waals surface area contributed by atoms with Crippen LogP contribution in [0, 0.1) is 0 Å². The molecule has 8 nitrogen and oxygen atoms in total. The van der Waals surface area contributed by atoms with Crippen molar-refractivity contribution in [2.75, 3.05) is 26.2 Å². The molecule has 0 aromatic carbocycles. The zero-order chi connectivity index (χ0) is 32.6. The van der Waals surface area contributed by atoms with Gasteiger partial charge in [0.15, 0.2) is 0 Å². The third-order valence-corrected chi connectivity index (χ3v) is 9.54. The van der Waals surface area contributed by atoms with Crippen molar-refractivity contribution in [3.63, 3.8) is 0 Å². The van der Waals surface area contributed by atoms with Crippen LogP contribution in [-0.2, 0) is 17.8 Å². The van der Waals surface area contributed by atoms with Gasteiger partial charge in [0.25, 0.3) is 0 Å². The molecule has 2 saturated heterocycles. The summed E-state index contributed by atoms with van der Waals surface area (Å²) < 4.78 is 85.3. The zero-order valence-corrected chi connectivity index (χ0v) is 28.0. The molecule has 1 amide bonds. The summed E-state index contributed by atoms with van der Waals surface area (Å²) in [4.78, 5) is 13.8. The summed E-state index contributed by atoms with van der Waals surface area (Å²) in [7, 11) is 0. The predicted molar refractivity (Wildman–Crippen MR) is 171 cm³/mol. The zero-order valence-electron chi connectivity index (χ0n) is 25.6. The Kier molecular flexibility index (Phi) is 11.3. The number of halogens is 7. The minimum atomic E-state index is -4.31. The number of carbonyl (C=O) groups excluding carboxylic acids is 1. The van der Waals surface area contributed by atoms with Crippen molar-refractivity contribution in [3.05, 3.63) is 34.3 Å². The van der Waals surface area contributed by atoms with E-state index in [0.717, 1.165) is 50.4 Å². The molecule has 17 heteroatoms. The molecule has 4 aromatic heterocycles.